The predicted molar refractivity (Wildman–Crippen MR) is 55.0 cm³/mol. The first-order valence-electron chi connectivity index (χ1n) is 4.81. The van der Waals surface area contributed by atoms with Gasteiger partial charge >= 0.3 is 5.97 Å². The van der Waals surface area contributed by atoms with Gasteiger partial charge in [-0.15, -0.1) is 0 Å². The van der Waals surface area contributed by atoms with E-state index in [1.165, 1.54) is 0 Å². The van der Waals surface area contributed by atoms with Crippen LogP contribution in [0.5, 0.6) is 0 Å². The number of hydrogen-bond acceptors (Lipinski definition) is 5. The Morgan fingerprint density at radius 2 is 2.53 bits per heavy atom. The molecule has 0 N–H and O–H groups in total. The van der Waals surface area contributed by atoms with Gasteiger partial charge in [-0.1, -0.05) is 5.16 Å². The van der Waals surface area contributed by atoms with Crippen LogP contribution < -0.4 is 0 Å². The molecular formula is C10H14N2O3. The van der Waals surface area contributed by atoms with Gasteiger partial charge < -0.3 is 9.26 Å². The fraction of sp³-hybridized carbons (Fsp3) is 0.500. The van der Waals surface area contributed by atoms with Gasteiger partial charge in [-0.3, -0.25) is 9.79 Å². The number of ether oxygens (including phenoxy) is 1. The highest BCUT2D eigenvalue weighted by atomic mass is 16.5. The van der Waals surface area contributed by atoms with Gasteiger partial charge in [0.05, 0.1) is 19.2 Å². The Hall–Kier alpha value is -1.65. The minimum absolute atomic E-state index is 0.231. The molecule has 0 fully saturated rings. The number of aliphatic imine (C=N–C) groups is 1. The Balaban J connectivity index is 2.25. The topological polar surface area (TPSA) is 64.7 Å². The molecule has 5 heteroatoms. The number of carbonyl (C=O) groups excluding carboxylic acids is 1. The summed E-state index contributed by atoms with van der Waals surface area (Å²) in [4.78, 5) is 15.0. The Labute approximate surface area is 88.1 Å². The SMILES string of the molecule is CCOC(=O)CCN=Cc1cc(C)on1. The molecule has 0 unspecified atom stereocenters. The van der Waals surface area contributed by atoms with Crippen molar-refractivity contribution >= 4 is 12.2 Å². The second-order valence-electron chi connectivity index (χ2n) is 2.95. The van der Waals surface area contributed by atoms with Crippen LogP contribution in [-0.4, -0.2) is 30.5 Å². The van der Waals surface area contributed by atoms with Crippen molar-refractivity contribution in [3.8, 4) is 0 Å². The molecule has 0 aromatic carbocycles. The Bertz CT molecular complexity index is 344. The van der Waals surface area contributed by atoms with Gasteiger partial charge in [-0.25, -0.2) is 0 Å². The molecule has 0 bridgehead atoms. The molecule has 0 aliphatic heterocycles. The van der Waals surface area contributed by atoms with E-state index in [0.717, 1.165) is 5.76 Å². The van der Waals surface area contributed by atoms with Crippen LogP contribution >= 0.6 is 0 Å². The van der Waals surface area contributed by atoms with Crippen LogP contribution in [0.1, 0.15) is 24.8 Å². The smallest absolute Gasteiger partial charge is 0.307 e. The summed E-state index contributed by atoms with van der Waals surface area (Å²) in [5, 5.41) is 3.73. The van der Waals surface area contributed by atoms with Crippen LogP contribution in [0.2, 0.25) is 0 Å². The zero-order valence-corrected chi connectivity index (χ0v) is 8.90. The van der Waals surface area contributed by atoms with Crippen molar-refractivity contribution in [2.75, 3.05) is 13.2 Å². The van der Waals surface area contributed by atoms with E-state index in [1.54, 1.807) is 19.2 Å². The van der Waals surface area contributed by atoms with E-state index < -0.39 is 0 Å². The van der Waals surface area contributed by atoms with E-state index in [-0.39, 0.29) is 5.97 Å². The highest BCUT2D eigenvalue weighted by Gasteiger charge is 1.99. The molecule has 15 heavy (non-hydrogen) atoms. The summed E-state index contributed by atoms with van der Waals surface area (Å²) in [5.74, 6) is 0.507. The number of rotatable bonds is 5. The average Bonchev–Trinajstić information content (AvgIpc) is 2.60. The van der Waals surface area contributed by atoms with Crippen molar-refractivity contribution in [3.63, 3.8) is 0 Å². The lowest BCUT2D eigenvalue weighted by atomic mass is 10.4. The van der Waals surface area contributed by atoms with Crippen molar-refractivity contribution in [2.45, 2.75) is 20.3 Å². The second-order valence-corrected chi connectivity index (χ2v) is 2.95. The monoisotopic (exact) mass is 210 g/mol. The normalized spacial score (nSPS) is 10.8. The number of aryl methyl sites for hydroxylation is 1. The van der Waals surface area contributed by atoms with Gasteiger partial charge in [0.15, 0.2) is 0 Å². The largest absolute Gasteiger partial charge is 0.466 e. The van der Waals surface area contributed by atoms with Gasteiger partial charge in [0.1, 0.15) is 11.5 Å². The molecule has 1 heterocycles. The molecule has 0 amide bonds. The Morgan fingerprint density at radius 3 is 3.13 bits per heavy atom. The third-order valence-electron chi connectivity index (χ3n) is 1.62. The third-order valence-corrected chi connectivity index (χ3v) is 1.62. The van der Waals surface area contributed by atoms with E-state index >= 15 is 0 Å². The molecule has 0 saturated heterocycles. The van der Waals surface area contributed by atoms with E-state index in [0.29, 0.717) is 25.3 Å². The van der Waals surface area contributed by atoms with Crippen molar-refractivity contribution in [2.24, 2.45) is 4.99 Å². The van der Waals surface area contributed by atoms with Crippen molar-refractivity contribution in [3.05, 3.63) is 17.5 Å². The first-order chi connectivity index (χ1) is 7.22. The molecule has 1 aromatic heterocycles. The van der Waals surface area contributed by atoms with Crippen LogP contribution in [0.15, 0.2) is 15.6 Å². The molecule has 0 aliphatic rings. The minimum Gasteiger partial charge on any atom is -0.466 e. The average molecular weight is 210 g/mol. The van der Waals surface area contributed by atoms with Crippen molar-refractivity contribution < 1.29 is 14.1 Å². The molecule has 0 aliphatic carbocycles. The fourth-order valence-electron chi connectivity index (χ4n) is 0.994. The summed E-state index contributed by atoms with van der Waals surface area (Å²) in [6.45, 7) is 4.40. The van der Waals surface area contributed by atoms with Crippen LogP contribution in [0.25, 0.3) is 0 Å². The summed E-state index contributed by atoms with van der Waals surface area (Å²) >= 11 is 0. The first kappa shape index (κ1) is 11.4. The summed E-state index contributed by atoms with van der Waals surface area (Å²) < 4.78 is 9.60. The molecule has 0 atom stereocenters. The number of aromatic nitrogens is 1. The van der Waals surface area contributed by atoms with Gasteiger partial charge in [0, 0.05) is 12.6 Å². The standard InChI is InChI=1S/C10H14N2O3/c1-3-14-10(13)4-5-11-7-9-6-8(2)15-12-9/h6-7H,3-5H2,1-2H3. The summed E-state index contributed by atoms with van der Waals surface area (Å²) in [7, 11) is 0. The Kier molecular flexibility index (Phi) is 4.53. The molecule has 1 rings (SSSR count). The van der Waals surface area contributed by atoms with E-state index in [2.05, 4.69) is 10.1 Å². The van der Waals surface area contributed by atoms with Gasteiger partial charge in [-0.2, -0.15) is 0 Å². The molecule has 1 aromatic rings. The minimum atomic E-state index is -0.231. The zero-order chi connectivity index (χ0) is 11.1. The van der Waals surface area contributed by atoms with Crippen LogP contribution in [0, 0.1) is 6.92 Å². The maximum Gasteiger partial charge on any atom is 0.307 e. The van der Waals surface area contributed by atoms with Gasteiger partial charge in [-0.05, 0) is 13.8 Å². The molecular weight excluding hydrogens is 196 g/mol. The van der Waals surface area contributed by atoms with E-state index in [9.17, 15) is 4.79 Å². The lowest BCUT2D eigenvalue weighted by molar-refractivity contribution is -0.142. The highest BCUT2D eigenvalue weighted by molar-refractivity contribution is 5.77. The fourth-order valence-corrected chi connectivity index (χ4v) is 0.994. The summed E-state index contributed by atoms with van der Waals surface area (Å²) in [6, 6.07) is 1.77. The van der Waals surface area contributed by atoms with Crippen LogP contribution in [-0.2, 0) is 9.53 Å². The molecule has 0 spiro atoms. The van der Waals surface area contributed by atoms with E-state index in [1.807, 2.05) is 6.92 Å². The number of hydrogen-bond donors (Lipinski definition) is 0. The highest BCUT2D eigenvalue weighted by Crippen LogP contribution is 1.98. The summed E-state index contributed by atoms with van der Waals surface area (Å²) in [6.07, 6.45) is 1.87. The van der Waals surface area contributed by atoms with Crippen molar-refractivity contribution in [1.82, 2.24) is 5.16 Å². The quantitative estimate of drug-likeness (QED) is 0.543. The number of nitrogens with zero attached hydrogens (tertiary/aromatic N) is 2. The second kappa shape index (κ2) is 5.95. The van der Waals surface area contributed by atoms with Gasteiger partial charge in [0.2, 0.25) is 0 Å². The maximum atomic E-state index is 10.9. The van der Waals surface area contributed by atoms with Gasteiger partial charge in [0.25, 0.3) is 0 Å². The van der Waals surface area contributed by atoms with E-state index in [4.69, 9.17) is 9.26 Å². The predicted octanol–water partition coefficient (Wildman–Crippen LogP) is 1.36. The lowest BCUT2D eigenvalue weighted by Crippen LogP contribution is -2.05. The van der Waals surface area contributed by atoms with Crippen LogP contribution in [0.3, 0.4) is 0 Å². The van der Waals surface area contributed by atoms with Crippen LogP contribution in [0.4, 0.5) is 0 Å². The lowest BCUT2D eigenvalue weighted by Gasteiger charge is -1.97. The molecule has 0 saturated carbocycles. The molecule has 82 valence electrons. The van der Waals surface area contributed by atoms with Crippen molar-refractivity contribution in [1.29, 1.82) is 0 Å². The maximum absolute atomic E-state index is 10.9. The molecule has 0 radical (unpaired) electrons. The zero-order valence-electron chi connectivity index (χ0n) is 8.90. The Morgan fingerprint density at radius 1 is 1.73 bits per heavy atom. The number of esters is 1. The third kappa shape index (κ3) is 4.39. The first-order valence-corrected chi connectivity index (χ1v) is 4.81. The summed E-state index contributed by atoms with van der Waals surface area (Å²) in [5.41, 5.74) is 0.663. The number of carbonyl (C=O) groups is 1. The molecule has 5 nitrogen and oxygen atoms in total.